The van der Waals surface area contributed by atoms with Crippen LogP contribution in [0.1, 0.15) is 60.8 Å². The summed E-state index contributed by atoms with van der Waals surface area (Å²) < 4.78 is 29.4. The van der Waals surface area contributed by atoms with Crippen molar-refractivity contribution in [3.63, 3.8) is 0 Å². The monoisotopic (exact) mass is 407 g/mol. The summed E-state index contributed by atoms with van der Waals surface area (Å²) >= 11 is 0.877. The van der Waals surface area contributed by atoms with Crippen LogP contribution >= 0.6 is 11.3 Å². The standard InChI is InChI=1S/C19H18FNO6S/c1-8-6-11(22)15-12(5-4-10(20)13(8)15)27-7-9-14(18(23)25-2)17(21)28-16(9)19(24)26-3/h4-5,8H,6-7,21H2,1-3H3. The third-order valence-electron chi connectivity index (χ3n) is 4.58. The number of esters is 2. The molecule has 1 aromatic heterocycles. The lowest BCUT2D eigenvalue weighted by Crippen LogP contribution is -2.12. The summed E-state index contributed by atoms with van der Waals surface area (Å²) in [6, 6.07) is 2.59. The molecule has 1 aliphatic rings. The topological polar surface area (TPSA) is 105 Å². The number of ether oxygens (including phenoxy) is 3. The summed E-state index contributed by atoms with van der Waals surface area (Å²) in [6.45, 7) is 1.52. The molecule has 0 bridgehead atoms. The molecule has 1 aromatic carbocycles. The van der Waals surface area contributed by atoms with Crippen molar-refractivity contribution in [1.82, 2.24) is 0 Å². The lowest BCUT2D eigenvalue weighted by molar-refractivity contribution is 0.0598. The minimum Gasteiger partial charge on any atom is -0.488 e. The zero-order valence-electron chi connectivity index (χ0n) is 15.5. The van der Waals surface area contributed by atoms with Gasteiger partial charge in [-0.3, -0.25) is 4.79 Å². The molecule has 7 nitrogen and oxygen atoms in total. The maximum Gasteiger partial charge on any atom is 0.348 e. The van der Waals surface area contributed by atoms with Gasteiger partial charge in [-0.2, -0.15) is 0 Å². The highest BCUT2D eigenvalue weighted by atomic mass is 32.1. The number of methoxy groups -OCH3 is 2. The second-order valence-electron chi connectivity index (χ2n) is 6.28. The van der Waals surface area contributed by atoms with Gasteiger partial charge in [-0.05, 0) is 18.1 Å². The number of thiophene rings is 1. The number of nitrogen functional groups attached to an aromatic ring is 1. The maximum atomic E-state index is 14.1. The lowest BCUT2D eigenvalue weighted by atomic mass is 10.0. The van der Waals surface area contributed by atoms with E-state index in [0.717, 1.165) is 11.3 Å². The highest BCUT2D eigenvalue weighted by Gasteiger charge is 2.33. The van der Waals surface area contributed by atoms with E-state index in [2.05, 4.69) is 0 Å². The Hall–Kier alpha value is -2.94. The number of carbonyl (C=O) groups is 3. The van der Waals surface area contributed by atoms with E-state index in [1.807, 2.05) is 0 Å². The normalized spacial score (nSPS) is 15.3. The second kappa shape index (κ2) is 7.59. The van der Waals surface area contributed by atoms with Gasteiger partial charge >= 0.3 is 11.9 Å². The Morgan fingerprint density at radius 1 is 1.25 bits per heavy atom. The third kappa shape index (κ3) is 3.22. The van der Waals surface area contributed by atoms with Crippen LogP contribution in [0.2, 0.25) is 0 Å². The summed E-state index contributed by atoms with van der Waals surface area (Å²) in [5.41, 5.74) is 6.58. The number of halogens is 1. The molecule has 0 saturated heterocycles. The van der Waals surface area contributed by atoms with Crippen molar-refractivity contribution in [3.8, 4) is 5.75 Å². The van der Waals surface area contributed by atoms with Gasteiger partial charge in [0, 0.05) is 17.5 Å². The van der Waals surface area contributed by atoms with Crippen LogP contribution in [-0.4, -0.2) is 31.9 Å². The molecule has 2 N–H and O–H groups in total. The van der Waals surface area contributed by atoms with E-state index in [0.29, 0.717) is 5.56 Å². The number of fused-ring (bicyclic) bond motifs is 1. The molecule has 2 aromatic rings. The largest absolute Gasteiger partial charge is 0.488 e. The third-order valence-corrected chi connectivity index (χ3v) is 5.63. The fraction of sp³-hybridized carbons (Fsp3) is 0.316. The predicted molar refractivity (Wildman–Crippen MR) is 99.5 cm³/mol. The number of carbonyl (C=O) groups excluding carboxylic acids is 3. The first kappa shape index (κ1) is 19.8. The Bertz CT molecular complexity index is 983. The summed E-state index contributed by atoms with van der Waals surface area (Å²) in [5.74, 6) is -2.16. The molecule has 148 valence electrons. The zero-order valence-corrected chi connectivity index (χ0v) is 16.3. The van der Waals surface area contributed by atoms with Crippen LogP contribution in [0.15, 0.2) is 12.1 Å². The number of nitrogens with two attached hydrogens (primary N) is 1. The van der Waals surface area contributed by atoms with Gasteiger partial charge in [0.25, 0.3) is 0 Å². The van der Waals surface area contributed by atoms with Crippen LogP contribution in [0.3, 0.4) is 0 Å². The van der Waals surface area contributed by atoms with Crippen LogP contribution in [0, 0.1) is 5.82 Å². The van der Waals surface area contributed by atoms with Crippen LogP contribution in [-0.2, 0) is 16.1 Å². The molecular weight excluding hydrogens is 389 g/mol. The summed E-state index contributed by atoms with van der Waals surface area (Å²) in [4.78, 5) is 36.6. The molecule has 0 radical (unpaired) electrons. The number of hydrogen-bond donors (Lipinski definition) is 1. The number of benzene rings is 1. The molecule has 1 heterocycles. The van der Waals surface area contributed by atoms with E-state index in [4.69, 9.17) is 19.9 Å². The number of rotatable bonds is 5. The maximum absolute atomic E-state index is 14.1. The van der Waals surface area contributed by atoms with Gasteiger partial charge in [-0.25, -0.2) is 14.0 Å². The Labute approximate surface area is 164 Å². The lowest BCUT2D eigenvalue weighted by Gasteiger charge is -2.13. The molecule has 3 rings (SSSR count). The van der Waals surface area contributed by atoms with Gasteiger partial charge in [-0.1, -0.05) is 6.92 Å². The fourth-order valence-electron chi connectivity index (χ4n) is 3.30. The van der Waals surface area contributed by atoms with Crippen LogP contribution < -0.4 is 10.5 Å². The van der Waals surface area contributed by atoms with Gasteiger partial charge in [0.1, 0.15) is 33.6 Å². The van der Waals surface area contributed by atoms with Crippen molar-refractivity contribution >= 4 is 34.1 Å². The summed E-state index contributed by atoms with van der Waals surface area (Å²) in [7, 11) is 2.39. The highest BCUT2D eigenvalue weighted by molar-refractivity contribution is 7.18. The predicted octanol–water partition coefficient (Wildman–Crippen LogP) is 3.31. The zero-order chi connectivity index (χ0) is 20.6. The van der Waals surface area contributed by atoms with Crippen molar-refractivity contribution in [3.05, 3.63) is 45.1 Å². The number of ketones is 1. The molecular formula is C19H18FNO6S. The van der Waals surface area contributed by atoms with Crippen LogP contribution in [0.4, 0.5) is 9.39 Å². The van der Waals surface area contributed by atoms with Crippen LogP contribution in [0.25, 0.3) is 0 Å². The molecule has 0 spiro atoms. The summed E-state index contributed by atoms with van der Waals surface area (Å²) in [6.07, 6.45) is 0.193. The number of hydrogen-bond acceptors (Lipinski definition) is 8. The molecule has 0 aliphatic heterocycles. The van der Waals surface area contributed by atoms with E-state index >= 15 is 0 Å². The molecule has 28 heavy (non-hydrogen) atoms. The van der Waals surface area contributed by atoms with Gasteiger partial charge in [-0.15, -0.1) is 11.3 Å². The minimum absolute atomic E-state index is 0.00588. The summed E-state index contributed by atoms with van der Waals surface area (Å²) in [5, 5.41) is 0.0832. The molecule has 0 fully saturated rings. The molecule has 1 atom stereocenters. The number of anilines is 1. The van der Waals surface area contributed by atoms with E-state index in [-0.39, 0.29) is 57.0 Å². The number of Topliss-reactive ketones (excluding diaryl/α,β-unsaturated/α-hetero) is 1. The minimum atomic E-state index is -0.725. The van der Waals surface area contributed by atoms with E-state index in [1.54, 1.807) is 6.92 Å². The van der Waals surface area contributed by atoms with Gasteiger partial charge in [0.2, 0.25) is 0 Å². The Kier molecular flexibility index (Phi) is 5.37. The van der Waals surface area contributed by atoms with Crippen LogP contribution in [0.5, 0.6) is 5.75 Å². The average Bonchev–Trinajstić information content (AvgIpc) is 3.16. The quantitative estimate of drug-likeness (QED) is 0.758. The fourth-order valence-corrected chi connectivity index (χ4v) is 4.28. The van der Waals surface area contributed by atoms with Crippen molar-refractivity contribution < 1.29 is 33.0 Å². The first-order valence-corrected chi connectivity index (χ1v) is 9.17. The average molecular weight is 407 g/mol. The molecule has 0 amide bonds. The molecule has 0 saturated carbocycles. The molecule has 9 heteroatoms. The van der Waals surface area contributed by atoms with Crippen molar-refractivity contribution in [2.75, 3.05) is 20.0 Å². The van der Waals surface area contributed by atoms with Crippen molar-refractivity contribution in [2.24, 2.45) is 0 Å². The van der Waals surface area contributed by atoms with E-state index in [1.165, 1.54) is 26.4 Å². The van der Waals surface area contributed by atoms with Crippen molar-refractivity contribution in [1.29, 1.82) is 0 Å². The molecule has 1 unspecified atom stereocenters. The first-order chi connectivity index (χ1) is 13.3. The second-order valence-corrected chi connectivity index (χ2v) is 7.34. The van der Waals surface area contributed by atoms with Crippen molar-refractivity contribution in [2.45, 2.75) is 25.9 Å². The SMILES string of the molecule is COC(=O)c1sc(N)c(C(=O)OC)c1COc1ccc(F)c2c1C(=O)CC2C. The molecule has 1 aliphatic carbocycles. The smallest absolute Gasteiger partial charge is 0.348 e. The first-order valence-electron chi connectivity index (χ1n) is 8.36. The van der Waals surface area contributed by atoms with E-state index < -0.39 is 17.8 Å². The Balaban J connectivity index is 2.01. The Morgan fingerprint density at radius 2 is 1.93 bits per heavy atom. The van der Waals surface area contributed by atoms with Gasteiger partial charge in [0.05, 0.1) is 19.8 Å². The Morgan fingerprint density at radius 3 is 2.57 bits per heavy atom. The van der Waals surface area contributed by atoms with Gasteiger partial charge in [0.15, 0.2) is 5.78 Å². The van der Waals surface area contributed by atoms with Gasteiger partial charge < -0.3 is 19.9 Å². The highest BCUT2D eigenvalue weighted by Crippen LogP contribution is 2.40. The van der Waals surface area contributed by atoms with E-state index in [9.17, 15) is 18.8 Å².